The summed E-state index contributed by atoms with van der Waals surface area (Å²) in [6.07, 6.45) is 0. The van der Waals surface area contributed by atoms with Gasteiger partial charge in [0.25, 0.3) is 5.91 Å². The highest BCUT2D eigenvalue weighted by Crippen LogP contribution is 2.23. The summed E-state index contributed by atoms with van der Waals surface area (Å²) in [4.78, 5) is 16.5. The molecule has 1 N–H and O–H groups in total. The lowest BCUT2D eigenvalue weighted by atomic mass is 10.1. The number of hydrogen-bond donors (Lipinski definition) is 1. The van der Waals surface area contributed by atoms with Crippen molar-refractivity contribution in [3.8, 4) is 0 Å². The maximum Gasteiger partial charge on any atom is 0.255 e. The van der Waals surface area contributed by atoms with Crippen LogP contribution in [0.3, 0.4) is 0 Å². The average Bonchev–Trinajstić information content (AvgIpc) is 2.37. The highest BCUT2D eigenvalue weighted by atomic mass is 79.9. The number of carbonyl (C=O) groups excluding carboxylic acids is 1. The van der Waals surface area contributed by atoms with E-state index in [1.54, 1.807) is 26.0 Å². The highest BCUT2D eigenvalue weighted by molar-refractivity contribution is 9.10. The third-order valence-electron chi connectivity index (χ3n) is 3.43. The van der Waals surface area contributed by atoms with E-state index in [1.807, 2.05) is 11.0 Å². The van der Waals surface area contributed by atoms with Gasteiger partial charge in [0.05, 0.1) is 16.2 Å². The highest BCUT2D eigenvalue weighted by Gasteiger charge is 2.26. The molecule has 1 heterocycles. The second-order valence-electron chi connectivity index (χ2n) is 6.00. The molecule has 21 heavy (non-hydrogen) atoms. The number of amides is 1. The zero-order valence-electron chi connectivity index (χ0n) is 12.3. The molecule has 1 fully saturated rings. The van der Waals surface area contributed by atoms with Gasteiger partial charge in [-0.3, -0.25) is 9.69 Å². The Kier molecular flexibility index (Phi) is 5.30. The van der Waals surface area contributed by atoms with Gasteiger partial charge in [-0.05, 0) is 32.0 Å². The smallest absolute Gasteiger partial charge is 0.255 e. The van der Waals surface area contributed by atoms with Crippen LogP contribution in [0.15, 0.2) is 22.7 Å². The molecule has 6 heteroatoms. The lowest BCUT2D eigenvalue weighted by molar-refractivity contribution is 0.0178. The topological polar surface area (TPSA) is 43.8 Å². The van der Waals surface area contributed by atoms with Gasteiger partial charge in [0.1, 0.15) is 0 Å². The zero-order chi connectivity index (χ0) is 15.6. The predicted molar refractivity (Wildman–Crippen MR) is 87.8 cm³/mol. The fourth-order valence-corrected chi connectivity index (χ4v) is 3.24. The third-order valence-corrected chi connectivity index (χ3v) is 4.24. The Bertz CT molecular complexity index is 523. The molecule has 1 aliphatic heterocycles. The van der Waals surface area contributed by atoms with Crippen LogP contribution in [0.5, 0.6) is 0 Å². The molecule has 0 unspecified atom stereocenters. The molecule has 0 aliphatic carbocycles. The van der Waals surface area contributed by atoms with Crippen LogP contribution in [0.1, 0.15) is 24.2 Å². The minimum atomic E-state index is -0.707. The summed E-state index contributed by atoms with van der Waals surface area (Å²) in [5.74, 6) is -0.0320. The average molecular weight is 376 g/mol. The number of hydrogen-bond acceptors (Lipinski definition) is 3. The van der Waals surface area contributed by atoms with Crippen molar-refractivity contribution in [1.82, 2.24) is 9.80 Å². The van der Waals surface area contributed by atoms with Crippen molar-refractivity contribution in [2.75, 3.05) is 32.7 Å². The molecule has 1 amide bonds. The molecular formula is C15H20BrClN2O2. The Morgan fingerprint density at radius 1 is 1.33 bits per heavy atom. The van der Waals surface area contributed by atoms with E-state index in [0.29, 0.717) is 30.2 Å². The van der Waals surface area contributed by atoms with Gasteiger partial charge in [0.2, 0.25) is 0 Å². The molecule has 4 nitrogen and oxygen atoms in total. The lowest BCUT2D eigenvalue weighted by Crippen LogP contribution is -2.52. The van der Waals surface area contributed by atoms with Gasteiger partial charge in [-0.2, -0.15) is 0 Å². The first-order chi connectivity index (χ1) is 9.76. The molecule has 1 aromatic carbocycles. The van der Waals surface area contributed by atoms with Crippen molar-refractivity contribution in [3.05, 3.63) is 33.3 Å². The zero-order valence-corrected chi connectivity index (χ0v) is 14.6. The number of piperazine rings is 1. The summed E-state index contributed by atoms with van der Waals surface area (Å²) in [7, 11) is 0. The van der Waals surface area contributed by atoms with Crippen LogP contribution in [0.25, 0.3) is 0 Å². The summed E-state index contributed by atoms with van der Waals surface area (Å²) in [6.45, 7) is 7.06. The molecule has 0 spiro atoms. The Hall–Kier alpha value is -0.620. The number of rotatable bonds is 3. The molecule has 0 aromatic heterocycles. The minimum absolute atomic E-state index is 0.0320. The van der Waals surface area contributed by atoms with E-state index in [4.69, 9.17) is 11.6 Å². The molecule has 0 atom stereocenters. The molecule has 2 rings (SSSR count). The van der Waals surface area contributed by atoms with Crippen LogP contribution in [-0.4, -0.2) is 59.1 Å². The fourth-order valence-electron chi connectivity index (χ4n) is 2.49. The maximum absolute atomic E-state index is 12.5. The van der Waals surface area contributed by atoms with Crippen molar-refractivity contribution in [1.29, 1.82) is 0 Å². The summed E-state index contributed by atoms with van der Waals surface area (Å²) in [5.41, 5.74) is -0.169. The molecular weight excluding hydrogens is 356 g/mol. The number of β-amino-alcohol motifs (C(OH)–C–C–N with tert-alkyl or cyclic N) is 1. The van der Waals surface area contributed by atoms with Crippen molar-refractivity contribution >= 4 is 33.4 Å². The number of aliphatic hydroxyl groups is 1. The van der Waals surface area contributed by atoms with Gasteiger partial charge in [-0.15, -0.1) is 0 Å². The molecule has 116 valence electrons. The van der Waals surface area contributed by atoms with E-state index in [1.165, 1.54) is 0 Å². The van der Waals surface area contributed by atoms with Crippen LogP contribution >= 0.6 is 27.5 Å². The third kappa shape index (κ3) is 4.68. The van der Waals surface area contributed by atoms with Gasteiger partial charge in [-0.1, -0.05) is 27.5 Å². The summed E-state index contributed by atoms with van der Waals surface area (Å²) in [6, 6.07) is 5.31. The van der Waals surface area contributed by atoms with Crippen molar-refractivity contribution in [2.24, 2.45) is 0 Å². The van der Waals surface area contributed by atoms with E-state index in [2.05, 4.69) is 20.8 Å². The predicted octanol–water partition coefficient (Wildman–Crippen LogP) is 2.63. The molecule has 1 aromatic rings. The Morgan fingerprint density at radius 3 is 2.48 bits per heavy atom. The number of halogens is 2. The monoisotopic (exact) mass is 374 g/mol. The van der Waals surface area contributed by atoms with Gasteiger partial charge >= 0.3 is 0 Å². The first-order valence-electron chi connectivity index (χ1n) is 6.95. The van der Waals surface area contributed by atoms with Crippen LogP contribution in [0.2, 0.25) is 5.02 Å². The van der Waals surface area contributed by atoms with Crippen molar-refractivity contribution in [3.63, 3.8) is 0 Å². The minimum Gasteiger partial charge on any atom is -0.389 e. The second-order valence-corrected chi connectivity index (χ2v) is 7.33. The van der Waals surface area contributed by atoms with Crippen LogP contribution in [-0.2, 0) is 0 Å². The van der Waals surface area contributed by atoms with Gasteiger partial charge in [0.15, 0.2) is 0 Å². The summed E-state index contributed by atoms with van der Waals surface area (Å²) in [5, 5.41) is 10.3. The van der Waals surface area contributed by atoms with Gasteiger partial charge in [0, 0.05) is 37.2 Å². The molecule has 0 radical (unpaired) electrons. The van der Waals surface area contributed by atoms with E-state index in [0.717, 1.165) is 17.6 Å². The van der Waals surface area contributed by atoms with Crippen LogP contribution < -0.4 is 0 Å². The molecule has 0 bridgehead atoms. The first-order valence-corrected chi connectivity index (χ1v) is 8.12. The normalized spacial score (nSPS) is 17.1. The largest absolute Gasteiger partial charge is 0.389 e. The van der Waals surface area contributed by atoms with E-state index in [-0.39, 0.29) is 5.91 Å². The lowest BCUT2D eigenvalue weighted by Gasteiger charge is -2.37. The first kappa shape index (κ1) is 16.7. The number of nitrogens with zero attached hydrogens (tertiary/aromatic N) is 2. The fraction of sp³-hybridized carbons (Fsp3) is 0.533. The second kappa shape index (κ2) is 6.65. The van der Waals surface area contributed by atoms with Crippen molar-refractivity contribution in [2.45, 2.75) is 19.4 Å². The van der Waals surface area contributed by atoms with Crippen LogP contribution in [0.4, 0.5) is 0 Å². The Labute approximate surface area is 138 Å². The molecule has 1 aliphatic rings. The SMILES string of the molecule is CC(C)(O)CN1CCN(C(=O)c2ccc(Br)cc2Cl)CC1. The Balaban J connectivity index is 1.97. The van der Waals surface area contributed by atoms with Gasteiger partial charge < -0.3 is 10.0 Å². The standard InChI is InChI=1S/C15H20BrClN2O2/c1-15(2,21)10-18-5-7-19(8-6-18)14(20)12-4-3-11(16)9-13(12)17/h3-4,9,21H,5-8,10H2,1-2H3. The molecule has 1 saturated heterocycles. The van der Waals surface area contributed by atoms with E-state index < -0.39 is 5.60 Å². The van der Waals surface area contributed by atoms with Crippen molar-refractivity contribution < 1.29 is 9.90 Å². The maximum atomic E-state index is 12.5. The van der Waals surface area contributed by atoms with Crippen LogP contribution in [0, 0.1) is 0 Å². The van der Waals surface area contributed by atoms with Gasteiger partial charge in [-0.25, -0.2) is 0 Å². The number of benzene rings is 1. The van der Waals surface area contributed by atoms with E-state index >= 15 is 0 Å². The molecule has 0 saturated carbocycles. The number of carbonyl (C=O) groups is 1. The summed E-state index contributed by atoms with van der Waals surface area (Å²) < 4.78 is 0.860. The summed E-state index contributed by atoms with van der Waals surface area (Å²) >= 11 is 9.48. The van der Waals surface area contributed by atoms with E-state index in [9.17, 15) is 9.90 Å². The Morgan fingerprint density at radius 2 is 1.95 bits per heavy atom. The quantitative estimate of drug-likeness (QED) is 0.883.